The summed E-state index contributed by atoms with van der Waals surface area (Å²) in [6, 6.07) is 1.88. The van der Waals surface area contributed by atoms with E-state index in [2.05, 4.69) is 15.3 Å². The van der Waals surface area contributed by atoms with Crippen LogP contribution >= 0.6 is 0 Å². The number of furan rings is 1. The Morgan fingerprint density at radius 2 is 2.25 bits per heavy atom. The van der Waals surface area contributed by atoms with Gasteiger partial charge in [0, 0.05) is 25.7 Å². The summed E-state index contributed by atoms with van der Waals surface area (Å²) in [5, 5.41) is 3.05. The lowest BCUT2D eigenvalue weighted by Gasteiger charge is -2.18. The van der Waals surface area contributed by atoms with Crippen LogP contribution in [0.3, 0.4) is 0 Å². The number of nitrogens with one attached hydrogen (secondary N) is 1. The normalized spacial score (nSPS) is 10.6. The van der Waals surface area contributed by atoms with Gasteiger partial charge in [0.2, 0.25) is 5.95 Å². The quantitative estimate of drug-likeness (QED) is 0.880. The molecule has 0 saturated carbocycles. The van der Waals surface area contributed by atoms with Gasteiger partial charge in [0.15, 0.2) is 11.6 Å². The van der Waals surface area contributed by atoms with Crippen molar-refractivity contribution < 1.29 is 8.81 Å². The fourth-order valence-corrected chi connectivity index (χ4v) is 1.85. The van der Waals surface area contributed by atoms with Gasteiger partial charge in [-0.15, -0.1) is 0 Å². The second-order valence-electron chi connectivity index (χ2n) is 4.65. The van der Waals surface area contributed by atoms with Crippen LogP contribution in [0.5, 0.6) is 0 Å². The Balaban J connectivity index is 2.15. The summed E-state index contributed by atoms with van der Waals surface area (Å²) in [6.45, 7) is 5.22. The molecule has 0 radical (unpaired) electrons. The number of anilines is 2. The number of hydrogen-bond donors (Lipinski definition) is 1. The second-order valence-corrected chi connectivity index (χ2v) is 4.65. The molecule has 0 saturated heterocycles. The molecule has 0 amide bonds. The highest BCUT2D eigenvalue weighted by Crippen LogP contribution is 2.19. The Morgan fingerprint density at radius 1 is 1.45 bits per heavy atom. The molecule has 2 aromatic heterocycles. The maximum absolute atomic E-state index is 13.9. The van der Waals surface area contributed by atoms with E-state index in [9.17, 15) is 4.39 Å². The van der Waals surface area contributed by atoms with E-state index in [4.69, 9.17) is 4.42 Å². The number of rotatable bonds is 6. The SMILES string of the molecule is CCCNc1ncc(F)c(N(C)Cc2ccoc2C)n1. The van der Waals surface area contributed by atoms with Gasteiger partial charge in [-0.1, -0.05) is 6.92 Å². The minimum absolute atomic E-state index is 0.277. The molecule has 0 aromatic carbocycles. The minimum Gasteiger partial charge on any atom is -0.469 e. The summed E-state index contributed by atoms with van der Waals surface area (Å²) in [5.41, 5.74) is 1.01. The third-order valence-corrected chi connectivity index (χ3v) is 2.99. The van der Waals surface area contributed by atoms with Crippen molar-refractivity contribution in [1.29, 1.82) is 0 Å². The Labute approximate surface area is 117 Å². The van der Waals surface area contributed by atoms with Gasteiger partial charge < -0.3 is 14.6 Å². The van der Waals surface area contributed by atoms with Gasteiger partial charge in [-0.25, -0.2) is 9.37 Å². The maximum Gasteiger partial charge on any atom is 0.224 e. The summed E-state index contributed by atoms with van der Waals surface area (Å²) < 4.78 is 19.1. The molecule has 0 atom stereocenters. The number of hydrogen-bond acceptors (Lipinski definition) is 5. The van der Waals surface area contributed by atoms with Gasteiger partial charge in [0.05, 0.1) is 12.5 Å². The minimum atomic E-state index is -0.435. The van der Waals surface area contributed by atoms with Crippen molar-refractivity contribution in [1.82, 2.24) is 9.97 Å². The van der Waals surface area contributed by atoms with Crippen LogP contribution in [0.2, 0.25) is 0 Å². The summed E-state index contributed by atoms with van der Waals surface area (Å²) in [4.78, 5) is 9.89. The maximum atomic E-state index is 13.9. The molecule has 5 nitrogen and oxygen atoms in total. The van der Waals surface area contributed by atoms with E-state index in [-0.39, 0.29) is 5.82 Å². The third-order valence-electron chi connectivity index (χ3n) is 2.99. The van der Waals surface area contributed by atoms with E-state index in [1.165, 1.54) is 6.20 Å². The summed E-state index contributed by atoms with van der Waals surface area (Å²) in [5.74, 6) is 1.12. The van der Waals surface area contributed by atoms with Crippen LogP contribution in [-0.4, -0.2) is 23.6 Å². The number of aryl methyl sites for hydroxylation is 1. The molecule has 0 fully saturated rings. The zero-order chi connectivity index (χ0) is 14.5. The topological polar surface area (TPSA) is 54.2 Å². The molecule has 6 heteroatoms. The molecule has 108 valence electrons. The van der Waals surface area contributed by atoms with Crippen molar-refractivity contribution in [3.8, 4) is 0 Å². The van der Waals surface area contributed by atoms with Gasteiger partial charge in [0.1, 0.15) is 5.76 Å². The van der Waals surface area contributed by atoms with Gasteiger partial charge in [-0.3, -0.25) is 0 Å². The zero-order valence-electron chi connectivity index (χ0n) is 12.0. The van der Waals surface area contributed by atoms with Crippen molar-refractivity contribution in [2.75, 3.05) is 23.8 Å². The largest absolute Gasteiger partial charge is 0.469 e. The van der Waals surface area contributed by atoms with E-state index >= 15 is 0 Å². The van der Waals surface area contributed by atoms with E-state index in [0.29, 0.717) is 12.5 Å². The smallest absolute Gasteiger partial charge is 0.224 e. The first-order valence-corrected chi connectivity index (χ1v) is 6.62. The molecule has 0 bridgehead atoms. The lowest BCUT2D eigenvalue weighted by molar-refractivity contribution is 0.529. The van der Waals surface area contributed by atoms with Crippen LogP contribution < -0.4 is 10.2 Å². The van der Waals surface area contributed by atoms with E-state index in [1.54, 1.807) is 18.2 Å². The zero-order valence-corrected chi connectivity index (χ0v) is 12.0. The first kappa shape index (κ1) is 14.3. The van der Waals surface area contributed by atoms with E-state index in [0.717, 1.165) is 24.3 Å². The second kappa shape index (κ2) is 6.36. The molecule has 2 rings (SSSR count). The highest BCUT2D eigenvalue weighted by Gasteiger charge is 2.13. The molecule has 20 heavy (non-hydrogen) atoms. The lowest BCUT2D eigenvalue weighted by Crippen LogP contribution is -2.20. The predicted octanol–water partition coefficient (Wildman–Crippen LogP) is 2.98. The average molecular weight is 278 g/mol. The molecule has 0 spiro atoms. The first-order chi connectivity index (χ1) is 9.61. The van der Waals surface area contributed by atoms with E-state index in [1.807, 2.05) is 19.9 Å². The number of aromatic nitrogens is 2. The van der Waals surface area contributed by atoms with Gasteiger partial charge in [0.25, 0.3) is 0 Å². The molecule has 0 aliphatic rings. The van der Waals surface area contributed by atoms with Crippen molar-refractivity contribution in [2.24, 2.45) is 0 Å². The third kappa shape index (κ3) is 3.26. The van der Waals surface area contributed by atoms with Crippen LogP contribution in [0.4, 0.5) is 16.2 Å². The van der Waals surface area contributed by atoms with Gasteiger partial charge >= 0.3 is 0 Å². The van der Waals surface area contributed by atoms with Crippen LogP contribution in [0.1, 0.15) is 24.7 Å². The van der Waals surface area contributed by atoms with Crippen LogP contribution in [0.25, 0.3) is 0 Å². The fourth-order valence-electron chi connectivity index (χ4n) is 1.85. The van der Waals surface area contributed by atoms with Gasteiger partial charge in [-0.2, -0.15) is 4.98 Å². The molecule has 1 N–H and O–H groups in total. The standard InChI is InChI=1S/C14H19FN4O/c1-4-6-16-14-17-8-12(15)13(18-14)19(3)9-11-5-7-20-10(11)2/h5,7-8H,4,6,9H2,1-3H3,(H,16,17,18). The highest BCUT2D eigenvalue weighted by molar-refractivity contribution is 5.44. The van der Waals surface area contributed by atoms with Crippen LogP contribution in [0.15, 0.2) is 22.9 Å². The summed E-state index contributed by atoms with van der Waals surface area (Å²) in [6.07, 6.45) is 3.78. The number of nitrogens with zero attached hydrogens (tertiary/aromatic N) is 3. The first-order valence-electron chi connectivity index (χ1n) is 6.62. The van der Waals surface area contributed by atoms with Crippen molar-refractivity contribution in [3.05, 3.63) is 35.7 Å². The molecule has 2 aromatic rings. The van der Waals surface area contributed by atoms with Crippen LogP contribution in [0, 0.1) is 12.7 Å². The Morgan fingerprint density at radius 3 is 2.90 bits per heavy atom. The monoisotopic (exact) mass is 278 g/mol. The molecular weight excluding hydrogens is 259 g/mol. The Bertz CT molecular complexity index is 570. The van der Waals surface area contributed by atoms with Crippen molar-refractivity contribution in [2.45, 2.75) is 26.8 Å². The Hall–Kier alpha value is -2.11. The average Bonchev–Trinajstić information content (AvgIpc) is 2.83. The molecule has 0 unspecified atom stereocenters. The highest BCUT2D eigenvalue weighted by atomic mass is 19.1. The van der Waals surface area contributed by atoms with Crippen molar-refractivity contribution in [3.63, 3.8) is 0 Å². The molecule has 2 heterocycles. The Kier molecular flexibility index (Phi) is 4.55. The van der Waals surface area contributed by atoms with E-state index < -0.39 is 5.82 Å². The lowest BCUT2D eigenvalue weighted by atomic mass is 10.2. The van der Waals surface area contributed by atoms with Gasteiger partial charge in [-0.05, 0) is 19.4 Å². The predicted molar refractivity (Wildman–Crippen MR) is 76.3 cm³/mol. The summed E-state index contributed by atoms with van der Waals surface area (Å²) >= 11 is 0. The van der Waals surface area contributed by atoms with Crippen LogP contribution in [-0.2, 0) is 6.54 Å². The molecular formula is C14H19FN4O. The summed E-state index contributed by atoms with van der Waals surface area (Å²) in [7, 11) is 1.79. The molecule has 0 aliphatic carbocycles. The molecule has 0 aliphatic heterocycles. The van der Waals surface area contributed by atoms with Crippen molar-refractivity contribution >= 4 is 11.8 Å². The number of halogens is 1. The fraction of sp³-hybridized carbons (Fsp3) is 0.429.